The minimum absolute atomic E-state index is 0.600. The van der Waals surface area contributed by atoms with Gasteiger partial charge < -0.3 is 9.16 Å². The Morgan fingerprint density at radius 3 is 2.08 bits per heavy atom. The fourth-order valence-electron chi connectivity index (χ4n) is 0.596. The van der Waals surface area contributed by atoms with Crippen LogP contribution in [0.2, 0.25) is 18.6 Å². The second kappa shape index (κ2) is 4.55. The second-order valence-electron chi connectivity index (χ2n) is 3.67. The number of methoxy groups -OCH3 is 1. The zero-order valence-corrected chi connectivity index (χ0v) is 9.97. The van der Waals surface area contributed by atoms with Gasteiger partial charge in [-0.3, -0.25) is 0 Å². The first-order chi connectivity index (χ1) is 5.44. The summed E-state index contributed by atoms with van der Waals surface area (Å²) in [5.41, 5.74) is 0.600. The van der Waals surface area contributed by atoms with E-state index in [1.165, 1.54) is 0 Å². The Kier molecular flexibility index (Phi) is 4.38. The fourth-order valence-corrected chi connectivity index (χ4v) is 1.55. The van der Waals surface area contributed by atoms with Crippen LogP contribution in [-0.4, -0.2) is 15.4 Å². The van der Waals surface area contributed by atoms with Gasteiger partial charge in [-0.15, -0.1) is 0 Å². The summed E-state index contributed by atoms with van der Waals surface area (Å²) in [6.45, 7) is 10.7. The molecule has 0 aliphatic heterocycles. The first-order valence-electron chi connectivity index (χ1n) is 4.33. The normalized spacial score (nSPS) is 13.4. The van der Waals surface area contributed by atoms with Crippen LogP contribution in [0.4, 0.5) is 0 Å². The van der Waals surface area contributed by atoms with Gasteiger partial charge in [0.25, 0.3) is 14.3 Å². The molecule has 0 aromatic carbocycles. The molecule has 0 amide bonds. The van der Waals surface area contributed by atoms with E-state index in [1.807, 2.05) is 13.0 Å². The lowest BCUT2D eigenvalue weighted by Gasteiger charge is -2.28. The Morgan fingerprint density at radius 2 is 1.83 bits per heavy atom. The Labute approximate surface area is 76.7 Å². The van der Waals surface area contributed by atoms with Gasteiger partial charge >= 0.3 is 0 Å². The van der Waals surface area contributed by atoms with Gasteiger partial charge in [0.15, 0.2) is 0 Å². The monoisotopic (exact) mass is 188 g/mol. The highest BCUT2D eigenvalue weighted by Gasteiger charge is 2.29. The summed E-state index contributed by atoms with van der Waals surface area (Å²) < 4.78 is 10.8. The molecule has 0 aliphatic rings. The Balaban J connectivity index is 4.23. The van der Waals surface area contributed by atoms with E-state index in [2.05, 4.69) is 26.9 Å². The molecule has 0 aromatic heterocycles. The maximum atomic E-state index is 5.78. The fraction of sp³-hybridized carbons (Fsp3) is 0.778. The molecule has 0 heterocycles. The van der Waals surface area contributed by atoms with Gasteiger partial charge in [-0.05, 0) is 31.6 Å². The maximum absolute atomic E-state index is 5.78. The molecule has 3 heteroatoms. The highest BCUT2D eigenvalue weighted by molar-refractivity contribution is 6.72. The van der Waals surface area contributed by atoms with Crippen LogP contribution in [0.15, 0.2) is 12.0 Å². The van der Waals surface area contributed by atoms with Gasteiger partial charge in [-0.25, -0.2) is 0 Å². The predicted molar refractivity (Wildman–Crippen MR) is 54.4 cm³/mol. The van der Waals surface area contributed by atoms with Crippen LogP contribution in [0.1, 0.15) is 20.8 Å². The van der Waals surface area contributed by atoms with E-state index in [9.17, 15) is 0 Å². The minimum Gasteiger partial charge on any atom is -0.519 e. The van der Waals surface area contributed by atoms with Crippen molar-refractivity contribution in [1.82, 2.24) is 0 Å². The molecule has 0 rings (SSSR count). The smallest absolute Gasteiger partial charge is 0.260 e. The molecule has 0 N–H and O–H groups in total. The van der Waals surface area contributed by atoms with Crippen molar-refractivity contribution >= 4 is 8.32 Å². The average molecular weight is 188 g/mol. The summed E-state index contributed by atoms with van der Waals surface area (Å²) in [5.74, 6) is 0.653. The van der Waals surface area contributed by atoms with Crippen LogP contribution in [0.5, 0.6) is 0 Å². The molecule has 0 aliphatic carbocycles. The third-order valence-corrected chi connectivity index (χ3v) is 5.70. The minimum atomic E-state index is -1.58. The molecule has 72 valence electrons. The van der Waals surface area contributed by atoms with Crippen molar-refractivity contribution in [3.63, 3.8) is 0 Å². The Morgan fingerprint density at radius 1 is 1.33 bits per heavy atom. The van der Waals surface area contributed by atoms with Crippen LogP contribution in [0, 0.1) is 0 Å². The van der Waals surface area contributed by atoms with E-state index in [0.29, 0.717) is 11.5 Å². The van der Waals surface area contributed by atoms with E-state index in [4.69, 9.17) is 9.16 Å². The van der Waals surface area contributed by atoms with Gasteiger partial charge in [0.1, 0.15) is 0 Å². The Hall–Kier alpha value is -0.443. The lowest BCUT2D eigenvalue weighted by atomic mass is 10.6. The van der Waals surface area contributed by atoms with E-state index < -0.39 is 8.32 Å². The zero-order valence-electron chi connectivity index (χ0n) is 8.97. The van der Waals surface area contributed by atoms with Crippen molar-refractivity contribution < 1.29 is 9.16 Å². The summed E-state index contributed by atoms with van der Waals surface area (Å²) in [6, 6.07) is 0. The quantitative estimate of drug-likeness (QED) is 0.498. The highest BCUT2D eigenvalue weighted by atomic mass is 28.4. The summed E-state index contributed by atoms with van der Waals surface area (Å²) >= 11 is 0. The zero-order chi connectivity index (χ0) is 9.78. The van der Waals surface area contributed by atoms with Crippen molar-refractivity contribution in [1.29, 1.82) is 0 Å². The standard InChI is InChI=1S/C9H20O2Si/c1-7-9(10-4)11-12(5,6)8(2)3/h7-8H,1-6H3. The number of rotatable bonds is 4. The molecule has 0 atom stereocenters. The topological polar surface area (TPSA) is 18.5 Å². The second-order valence-corrected chi connectivity index (χ2v) is 8.24. The third kappa shape index (κ3) is 3.30. The lowest BCUT2D eigenvalue weighted by Crippen LogP contribution is -2.33. The van der Waals surface area contributed by atoms with E-state index in [0.717, 1.165) is 0 Å². The van der Waals surface area contributed by atoms with E-state index >= 15 is 0 Å². The van der Waals surface area contributed by atoms with Gasteiger partial charge in [-0.1, -0.05) is 13.8 Å². The molecular weight excluding hydrogens is 168 g/mol. The lowest BCUT2D eigenvalue weighted by molar-refractivity contribution is 0.143. The summed E-state index contributed by atoms with van der Waals surface area (Å²) in [6.07, 6.45) is 1.86. The first-order valence-corrected chi connectivity index (χ1v) is 7.32. The molecule has 0 fully saturated rings. The average Bonchev–Trinajstić information content (AvgIpc) is 2.00. The number of ether oxygens (including phenoxy) is 1. The summed E-state index contributed by atoms with van der Waals surface area (Å²) in [4.78, 5) is 0. The summed E-state index contributed by atoms with van der Waals surface area (Å²) in [5, 5.41) is 0. The van der Waals surface area contributed by atoms with Crippen molar-refractivity contribution in [2.45, 2.75) is 39.4 Å². The first kappa shape index (κ1) is 11.6. The highest BCUT2D eigenvalue weighted by Crippen LogP contribution is 2.24. The maximum Gasteiger partial charge on any atom is 0.260 e. The van der Waals surface area contributed by atoms with E-state index in [1.54, 1.807) is 7.11 Å². The van der Waals surface area contributed by atoms with Gasteiger partial charge in [-0.2, -0.15) is 0 Å². The number of hydrogen-bond acceptors (Lipinski definition) is 2. The van der Waals surface area contributed by atoms with Gasteiger partial charge in [0.05, 0.1) is 7.11 Å². The molecule has 0 saturated carbocycles. The predicted octanol–water partition coefficient (Wildman–Crippen LogP) is 3.13. The molecule has 0 radical (unpaired) electrons. The van der Waals surface area contributed by atoms with Crippen LogP contribution in [0.3, 0.4) is 0 Å². The van der Waals surface area contributed by atoms with Gasteiger partial charge in [0, 0.05) is 0 Å². The van der Waals surface area contributed by atoms with Crippen molar-refractivity contribution in [2.75, 3.05) is 7.11 Å². The molecular formula is C9H20O2Si. The number of hydrogen-bond donors (Lipinski definition) is 0. The van der Waals surface area contributed by atoms with Crippen molar-refractivity contribution in [3.05, 3.63) is 12.0 Å². The molecule has 12 heavy (non-hydrogen) atoms. The van der Waals surface area contributed by atoms with Crippen LogP contribution in [0.25, 0.3) is 0 Å². The third-order valence-electron chi connectivity index (χ3n) is 2.19. The molecule has 0 unspecified atom stereocenters. The molecule has 0 spiro atoms. The molecule has 0 saturated heterocycles. The van der Waals surface area contributed by atoms with Crippen molar-refractivity contribution in [2.24, 2.45) is 0 Å². The molecule has 0 aromatic rings. The Bertz CT molecular complexity index is 162. The van der Waals surface area contributed by atoms with Crippen molar-refractivity contribution in [3.8, 4) is 0 Å². The van der Waals surface area contributed by atoms with Crippen LogP contribution >= 0.6 is 0 Å². The molecule has 0 bridgehead atoms. The van der Waals surface area contributed by atoms with Crippen LogP contribution in [-0.2, 0) is 9.16 Å². The SMILES string of the molecule is CC=C(OC)O[Si](C)(C)C(C)C. The van der Waals surface area contributed by atoms with Crippen LogP contribution < -0.4 is 0 Å². The molecule has 2 nitrogen and oxygen atoms in total. The largest absolute Gasteiger partial charge is 0.519 e. The summed E-state index contributed by atoms with van der Waals surface area (Å²) in [7, 11) is 0.0600. The van der Waals surface area contributed by atoms with Gasteiger partial charge in [0.2, 0.25) is 0 Å². The van der Waals surface area contributed by atoms with E-state index in [-0.39, 0.29) is 0 Å². The number of allylic oxidation sites excluding steroid dienone is 1.